The fourth-order valence-electron chi connectivity index (χ4n) is 6.26. The summed E-state index contributed by atoms with van der Waals surface area (Å²) >= 11 is 0. The number of aromatic amines is 1. The number of fused-ring (bicyclic) bond motifs is 1. The van der Waals surface area contributed by atoms with Gasteiger partial charge in [-0.25, -0.2) is 0 Å². The Kier molecular flexibility index (Phi) is 8.01. The van der Waals surface area contributed by atoms with Crippen LogP contribution in [0.3, 0.4) is 0 Å². The number of rotatable bonds is 10. The largest absolute Gasteiger partial charge is 0.495 e. The molecule has 5 aromatic rings. The number of non-ortho nitro benzene ring substituents is 1. The second-order valence-corrected chi connectivity index (χ2v) is 12.1. The Morgan fingerprint density at radius 2 is 1.87 bits per heavy atom. The predicted octanol–water partition coefficient (Wildman–Crippen LogP) is 7.26. The number of hydrogen-bond acceptors (Lipinski definition) is 8. The van der Waals surface area contributed by atoms with Crippen LogP contribution in [-0.2, 0) is 10.2 Å². The van der Waals surface area contributed by atoms with Crippen LogP contribution < -0.4 is 15.0 Å². The minimum atomic E-state index is -1.13. The second-order valence-electron chi connectivity index (χ2n) is 12.1. The number of H-pyrrole nitrogens is 1. The number of pyridine rings is 1. The monoisotopic (exact) mass is 608 g/mol. The van der Waals surface area contributed by atoms with E-state index >= 15 is 0 Å². The second kappa shape index (κ2) is 12.1. The molecule has 45 heavy (non-hydrogen) atoms. The van der Waals surface area contributed by atoms with Gasteiger partial charge in [0, 0.05) is 52.4 Å². The van der Waals surface area contributed by atoms with Crippen molar-refractivity contribution in [1.29, 1.82) is 0 Å². The Morgan fingerprint density at radius 1 is 1.11 bits per heavy atom. The Bertz CT molecular complexity index is 1800. The number of hydrogen-bond donors (Lipinski definition) is 2. The highest BCUT2D eigenvalue weighted by Crippen LogP contribution is 2.42. The molecule has 2 aromatic carbocycles. The summed E-state index contributed by atoms with van der Waals surface area (Å²) in [6.07, 6.45) is 10.2. The van der Waals surface area contributed by atoms with Crippen LogP contribution >= 0.6 is 0 Å². The minimum absolute atomic E-state index is 0.00901. The fraction of sp³-hybridized carbons (Fsp3) is 0.324. The maximum absolute atomic E-state index is 14.7. The molecule has 0 unspecified atom stereocenters. The zero-order valence-corrected chi connectivity index (χ0v) is 25.6. The minimum Gasteiger partial charge on any atom is -0.495 e. The maximum Gasteiger partial charge on any atom is 0.295 e. The van der Waals surface area contributed by atoms with Gasteiger partial charge in [-0.1, -0.05) is 37.5 Å². The molecule has 0 aliphatic heterocycles. The summed E-state index contributed by atoms with van der Waals surface area (Å²) in [5.74, 6) is 0.541. The van der Waals surface area contributed by atoms with E-state index in [1.165, 1.54) is 18.4 Å². The van der Waals surface area contributed by atoms with E-state index in [0.29, 0.717) is 23.6 Å². The Hall–Kier alpha value is -5.19. The van der Waals surface area contributed by atoms with Crippen LogP contribution in [0.1, 0.15) is 51.6 Å². The summed E-state index contributed by atoms with van der Waals surface area (Å²) in [6, 6.07) is 18.2. The van der Waals surface area contributed by atoms with Crippen molar-refractivity contribution in [2.24, 2.45) is 0 Å². The number of nitrogens with zero attached hydrogens (tertiary/aromatic N) is 4. The molecular formula is C34H36N6O5. The molecule has 1 fully saturated rings. The van der Waals surface area contributed by atoms with E-state index in [-0.39, 0.29) is 23.0 Å². The molecule has 1 saturated carbocycles. The quantitative estimate of drug-likeness (QED) is 0.125. The molecule has 2 N–H and O–H groups in total. The van der Waals surface area contributed by atoms with E-state index in [1.807, 2.05) is 61.3 Å². The van der Waals surface area contributed by atoms with E-state index in [1.54, 1.807) is 25.4 Å². The summed E-state index contributed by atoms with van der Waals surface area (Å²) in [6.45, 7) is 4.07. The molecule has 6 rings (SSSR count). The fourth-order valence-corrected chi connectivity index (χ4v) is 6.26. The first-order valence-electron chi connectivity index (χ1n) is 15.1. The highest BCUT2D eigenvalue weighted by molar-refractivity contribution is 6.07. The van der Waals surface area contributed by atoms with Crippen LogP contribution in [0.15, 0.2) is 83.7 Å². The molecule has 11 nitrogen and oxygen atoms in total. The van der Waals surface area contributed by atoms with E-state index in [0.717, 1.165) is 54.4 Å². The van der Waals surface area contributed by atoms with Crippen molar-refractivity contribution >= 4 is 34.2 Å². The first kappa shape index (κ1) is 29.9. The predicted molar refractivity (Wildman–Crippen MR) is 172 cm³/mol. The molecule has 0 atom stereocenters. The molecule has 3 aromatic heterocycles. The number of methoxy groups -OCH3 is 1. The van der Waals surface area contributed by atoms with Gasteiger partial charge in [0.1, 0.15) is 23.2 Å². The number of carbonyl (C=O) groups is 1. The van der Waals surface area contributed by atoms with Gasteiger partial charge < -0.3 is 24.4 Å². The van der Waals surface area contributed by atoms with Crippen molar-refractivity contribution in [2.45, 2.75) is 56.9 Å². The third-order valence-electron chi connectivity index (χ3n) is 8.72. The lowest BCUT2D eigenvalue weighted by molar-refractivity contribution is -0.384. The average molecular weight is 609 g/mol. The van der Waals surface area contributed by atoms with Crippen molar-refractivity contribution in [1.82, 2.24) is 15.0 Å². The van der Waals surface area contributed by atoms with Crippen LogP contribution in [0.4, 0.5) is 17.4 Å². The molecule has 0 radical (unpaired) electrons. The molecule has 11 heteroatoms. The zero-order chi connectivity index (χ0) is 31.6. The van der Waals surface area contributed by atoms with Gasteiger partial charge in [0.2, 0.25) is 0 Å². The molecule has 232 valence electrons. The number of benzene rings is 2. The number of carbonyl (C=O) groups excluding carboxylic acids is 1. The number of ether oxygens (including phenoxy) is 1. The van der Waals surface area contributed by atoms with Crippen molar-refractivity contribution in [3.63, 3.8) is 0 Å². The first-order valence-corrected chi connectivity index (χ1v) is 15.1. The van der Waals surface area contributed by atoms with Gasteiger partial charge in [0.15, 0.2) is 0 Å². The summed E-state index contributed by atoms with van der Waals surface area (Å²) in [5.41, 5.74) is 2.36. The number of oxazole rings is 1. The van der Waals surface area contributed by atoms with Crippen molar-refractivity contribution in [3.8, 4) is 17.0 Å². The van der Waals surface area contributed by atoms with E-state index in [2.05, 4.69) is 15.3 Å². The van der Waals surface area contributed by atoms with Crippen LogP contribution in [-0.4, -0.2) is 45.0 Å². The van der Waals surface area contributed by atoms with Crippen LogP contribution in [0, 0.1) is 10.1 Å². The topological polar surface area (TPSA) is 139 Å². The maximum atomic E-state index is 14.7. The molecular weight excluding hydrogens is 572 g/mol. The summed E-state index contributed by atoms with van der Waals surface area (Å²) < 4.78 is 11.1. The lowest BCUT2D eigenvalue weighted by Gasteiger charge is -2.42. The highest BCUT2D eigenvalue weighted by Gasteiger charge is 2.42. The number of aromatic nitrogens is 3. The SMILES string of the molecule is COc1ccc(C2(CN(C(=O)C(C)(C)Nc3nc(-c4ccc([N+](=O)[O-])cc4)co3)c3c[nH]c4ccccc34)CCCCC2)nc1. The highest BCUT2D eigenvalue weighted by atomic mass is 16.6. The third-order valence-corrected chi connectivity index (χ3v) is 8.72. The molecule has 0 bridgehead atoms. The van der Waals surface area contributed by atoms with Crippen molar-refractivity contribution < 1.29 is 18.9 Å². The molecule has 3 heterocycles. The zero-order valence-electron chi connectivity index (χ0n) is 25.6. The molecule has 0 spiro atoms. The Balaban J connectivity index is 1.34. The average Bonchev–Trinajstić information content (AvgIpc) is 3.71. The Morgan fingerprint density at radius 3 is 2.56 bits per heavy atom. The number of amides is 1. The van der Waals surface area contributed by atoms with Crippen molar-refractivity contribution in [3.05, 3.63) is 95.1 Å². The van der Waals surface area contributed by atoms with Crippen LogP contribution in [0.2, 0.25) is 0 Å². The van der Waals surface area contributed by atoms with E-state index in [4.69, 9.17) is 14.1 Å². The molecule has 0 saturated heterocycles. The summed E-state index contributed by atoms with van der Waals surface area (Å²) in [5, 5.41) is 15.2. The molecule has 1 amide bonds. The number of anilines is 2. The van der Waals surface area contributed by atoms with Crippen LogP contribution in [0.25, 0.3) is 22.2 Å². The first-order chi connectivity index (χ1) is 21.7. The normalized spacial score (nSPS) is 14.6. The van der Waals surface area contributed by atoms with Gasteiger partial charge in [0.25, 0.3) is 17.6 Å². The smallest absolute Gasteiger partial charge is 0.295 e. The van der Waals surface area contributed by atoms with Gasteiger partial charge in [-0.3, -0.25) is 19.9 Å². The number of nitro groups is 1. The standard InChI is InChI=1S/C34H36N6O5/c1-33(2,38-32-37-28(21-45-32)23-11-13-24(14-12-23)40(42)43)31(41)39(29-20-35-27-10-6-5-9-26(27)29)22-34(17-7-4-8-18-34)30-16-15-25(44-3)19-36-30/h5-6,9-16,19-21,35H,4,7-8,17-18,22H2,1-3H3,(H,37,38). The number of nitrogens with one attached hydrogen (secondary N) is 2. The van der Waals surface area contributed by atoms with Crippen molar-refractivity contribution in [2.75, 3.05) is 23.9 Å². The summed E-state index contributed by atoms with van der Waals surface area (Å²) in [7, 11) is 1.63. The van der Waals surface area contributed by atoms with Gasteiger partial charge in [-0.05, 0) is 57.0 Å². The van der Waals surface area contributed by atoms with Crippen LogP contribution in [0.5, 0.6) is 5.75 Å². The van der Waals surface area contributed by atoms with Gasteiger partial charge in [-0.2, -0.15) is 4.98 Å². The molecule has 1 aliphatic rings. The van der Waals surface area contributed by atoms with Gasteiger partial charge in [-0.15, -0.1) is 0 Å². The summed E-state index contributed by atoms with van der Waals surface area (Å²) in [4.78, 5) is 39.9. The third kappa shape index (κ3) is 5.98. The lowest BCUT2D eigenvalue weighted by Crippen LogP contribution is -2.54. The van der Waals surface area contributed by atoms with Gasteiger partial charge >= 0.3 is 0 Å². The van der Waals surface area contributed by atoms with Gasteiger partial charge in [0.05, 0.1) is 23.9 Å². The molecule has 1 aliphatic carbocycles. The van der Waals surface area contributed by atoms with E-state index in [9.17, 15) is 14.9 Å². The number of nitro benzene ring substituents is 1. The number of para-hydroxylation sites is 1. The lowest BCUT2D eigenvalue weighted by atomic mass is 9.71. The Labute approximate surface area is 260 Å². The van der Waals surface area contributed by atoms with E-state index < -0.39 is 10.5 Å².